The number of nitrogens with zero attached hydrogens (tertiary/aromatic N) is 3. The Labute approximate surface area is 148 Å². The van der Waals surface area contributed by atoms with Crippen molar-refractivity contribution in [3.8, 4) is 11.4 Å². The second-order valence-corrected chi connectivity index (χ2v) is 6.45. The van der Waals surface area contributed by atoms with Crippen molar-refractivity contribution >= 4 is 17.5 Å². The molecule has 0 bridgehead atoms. The van der Waals surface area contributed by atoms with Gasteiger partial charge in [-0.2, -0.15) is 10.1 Å². The van der Waals surface area contributed by atoms with Crippen LogP contribution in [-0.2, 0) is 6.42 Å². The first kappa shape index (κ1) is 15.8. The van der Waals surface area contributed by atoms with Crippen LogP contribution in [0.15, 0.2) is 34.9 Å². The van der Waals surface area contributed by atoms with Gasteiger partial charge in [-0.05, 0) is 31.0 Å². The van der Waals surface area contributed by atoms with E-state index >= 15 is 0 Å². The van der Waals surface area contributed by atoms with E-state index in [0.717, 1.165) is 24.1 Å². The predicted octanol–water partition coefficient (Wildman–Crippen LogP) is 2.96. The third-order valence-electron chi connectivity index (χ3n) is 4.02. The van der Waals surface area contributed by atoms with Crippen LogP contribution in [0.4, 0.5) is 0 Å². The van der Waals surface area contributed by atoms with Gasteiger partial charge in [-0.25, -0.2) is 0 Å². The van der Waals surface area contributed by atoms with Crippen LogP contribution >= 0.6 is 11.6 Å². The van der Waals surface area contributed by atoms with Crippen LogP contribution in [-0.4, -0.2) is 32.8 Å². The van der Waals surface area contributed by atoms with E-state index in [1.807, 2.05) is 18.2 Å². The minimum atomic E-state index is -0.210. The first-order valence-corrected chi connectivity index (χ1v) is 8.49. The zero-order chi connectivity index (χ0) is 17.2. The Balaban J connectivity index is 1.31. The fourth-order valence-corrected chi connectivity index (χ4v) is 2.72. The van der Waals surface area contributed by atoms with Crippen LogP contribution in [0, 0.1) is 0 Å². The van der Waals surface area contributed by atoms with E-state index in [-0.39, 0.29) is 5.91 Å². The van der Waals surface area contributed by atoms with Gasteiger partial charge in [-0.1, -0.05) is 28.9 Å². The Hall–Kier alpha value is -2.67. The van der Waals surface area contributed by atoms with E-state index < -0.39 is 0 Å². The summed E-state index contributed by atoms with van der Waals surface area (Å²) in [4.78, 5) is 16.4. The lowest BCUT2D eigenvalue weighted by Gasteiger charge is -1.99. The number of nitrogens with one attached hydrogen (secondary N) is 2. The van der Waals surface area contributed by atoms with Crippen molar-refractivity contribution in [1.82, 2.24) is 25.7 Å². The third kappa shape index (κ3) is 3.71. The van der Waals surface area contributed by atoms with Gasteiger partial charge < -0.3 is 9.84 Å². The quantitative estimate of drug-likeness (QED) is 0.707. The van der Waals surface area contributed by atoms with Gasteiger partial charge >= 0.3 is 0 Å². The van der Waals surface area contributed by atoms with Crippen LogP contribution in [0.3, 0.4) is 0 Å². The van der Waals surface area contributed by atoms with Crippen LogP contribution in [0.25, 0.3) is 11.4 Å². The molecule has 2 N–H and O–H groups in total. The smallest absolute Gasteiger partial charge is 0.271 e. The second kappa shape index (κ2) is 6.68. The van der Waals surface area contributed by atoms with Crippen LogP contribution < -0.4 is 5.32 Å². The molecule has 0 spiro atoms. The highest BCUT2D eigenvalue weighted by molar-refractivity contribution is 6.30. The van der Waals surface area contributed by atoms with Gasteiger partial charge in [0, 0.05) is 35.2 Å². The van der Waals surface area contributed by atoms with Gasteiger partial charge in [0.2, 0.25) is 11.7 Å². The zero-order valence-corrected chi connectivity index (χ0v) is 14.1. The van der Waals surface area contributed by atoms with Crippen LogP contribution in [0.5, 0.6) is 0 Å². The Morgan fingerprint density at radius 1 is 1.36 bits per heavy atom. The molecule has 8 heteroatoms. The van der Waals surface area contributed by atoms with Gasteiger partial charge in [0.25, 0.3) is 5.91 Å². The minimum absolute atomic E-state index is 0.210. The summed E-state index contributed by atoms with van der Waals surface area (Å²) >= 11 is 5.96. The number of amides is 1. The van der Waals surface area contributed by atoms with Crippen molar-refractivity contribution in [3.05, 3.63) is 52.6 Å². The van der Waals surface area contributed by atoms with E-state index in [9.17, 15) is 4.79 Å². The Bertz CT molecular complexity index is 900. The summed E-state index contributed by atoms with van der Waals surface area (Å²) in [7, 11) is 0. The molecule has 1 aliphatic rings. The van der Waals surface area contributed by atoms with E-state index in [4.69, 9.17) is 16.1 Å². The molecule has 128 valence electrons. The fourth-order valence-electron chi connectivity index (χ4n) is 2.53. The highest BCUT2D eigenvalue weighted by Gasteiger charge is 2.26. The summed E-state index contributed by atoms with van der Waals surface area (Å²) in [5.41, 5.74) is 2.23. The van der Waals surface area contributed by atoms with E-state index in [1.54, 1.807) is 12.1 Å². The summed E-state index contributed by atoms with van der Waals surface area (Å²) in [6.07, 6.45) is 2.77. The molecule has 0 aliphatic heterocycles. The molecule has 4 rings (SSSR count). The third-order valence-corrected chi connectivity index (χ3v) is 4.26. The number of rotatable bonds is 6. The Morgan fingerprint density at radius 3 is 3.04 bits per heavy atom. The van der Waals surface area contributed by atoms with Crippen molar-refractivity contribution in [2.24, 2.45) is 0 Å². The molecule has 2 heterocycles. The van der Waals surface area contributed by atoms with Gasteiger partial charge in [0.1, 0.15) is 5.69 Å². The van der Waals surface area contributed by atoms with Crippen molar-refractivity contribution in [2.75, 3.05) is 6.54 Å². The molecule has 1 saturated carbocycles. The highest BCUT2D eigenvalue weighted by Crippen LogP contribution is 2.38. The molecule has 2 aromatic heterocycles. The van der Waals surface area contributed by atoms with Crippen LogP contribution in [0.1, 0.15) is 40.8 Å². The number of carbonyl (C=O) groups is 1. The van der Waals surface area contributed by atoms with Crippen molar-refractivity contribution in [1.29, 1.82) is 0 Å². The summed E-state index contributed by atoms with van der Waals surface area (Å²) in [5.74, 6) is 1.26. The number of halogens is 1. The van der Waals surface area contributed by atoms with Gasteiger partial charge in [-0.3, -0.25) is 9.89 Å². The Kier molecular flexibility index (Phi) is 4.23. The Morgan fingerprint density at radius 2 is 2.24 bits per heavy atom. The SMILES string of the molecule is O=C(NCCc1nc(-c2cccc(Cl)c2)no1)c1cc(C2CC2)[nH]n1. The van der Waals surface area contributed by atoms with Crippen molar-refractivity contribution in [3.63, 3.8) is 0 Å². The van der Waals surface area contributed by atoms with E-state index in [1.165, 1.54) is 0 Å². The normalized spacial score (nSPS) is 13.8. The number of aromatic nitrogens is 4. The fraction of sp³-hybridized carbons (Fsp3) is 0.294. The maximum atomic E-state index is 12.1. The molecule has 1 aromatic carbocycles. The molecule has 7 nitrogen and oxygen atoms in total. The summed E-state index contributed by atoms with van der Waals surface area (Å²) in [5, 5.41) is 14.3. The van der Waals surface area contributed by atoms with E-state index in [2.05, 4.69) is 25.7 Å². The minimum Gasteiger partial charge on any atom is -0.350 e. The average Bonchev–Trinajstić information content (AvgIpc) is 3.15. The predicted molar refractivity (Wildman–Crippen MR) is 91.3 cm³/mol. The summed E-state index contributed by atoms with van der Waals surface area (Å²) < 4.78 is 5.21. The number of carbonyl (C=O) groups excluding carboxylic acids is 1. The molecule has 0 atom stereocenters. The molecular weight excluding hydrogens is 342 g/mol. The van der Waals surface area contributed by atoms with Gasteiger partial charge in [-0.15, -0.1) is 0 Å². The lowest BCUT2D eigenvalue weighted by Crippen LogP contribution is -2.26. The number of hydrogen-bond acceptors (Lipinski definition) is 5. The highest BCUT2D eigenvalue weighted by atomic mass is 35.5. The second-order valence-electron chi connectivity index (χ2n) is 6.01. The monoisotopic (exact) mass is 357 g/mol. The molecule has 0 radical (unpaired) electrons. The molecule has 1 aliphatic carbocycles. The summed E-state index contributed by atoms with van der Waals surface area (Å²) in [6, 6.07) is 9.06. The summed E-state index contributed by atoms with van der Waals surface area (Å²) in [6.45, 7) is 0.391. The number of H-pyrrole nitrogens is 1. The molecule has 3 aromatic rings. The average molecular weight is 358 g/mol. The molecule has 1 fully saturated rings. The van der Waals surface area contributed by atoms with Gasteiger partial charge in [0.15, 0.2) is 0 Å². The molecule has 0 unspecified atom stereocenters. The first-order chi connectivity index (χ1) is 12.2. The largest absolute Gasteiger partial charge is 0.350 e. The van der Waals surface area contributed by atoms with Crippen molar-refractivity contribution in [2.45, 2.75) is 25.2 Å². The topological polar surface area (TPSA) is 96.7 Å². The standard InChI is InChI=1S/C17H16ClN5O2/c18-12-3-1-2-11(8-12)16-20-15(25-23-16)6-7-19-17(24)14-9-13(21-22-14)10-4-5-10/h1-3,8-10H,4-7H2,(H,19,24)(H,21,22). The lowest BCUT2D eigenvalue weighted by molar-refractivity contribution is 0.0948. The molecule has 1 amide bonds. The van der Waals surface area contributed by atoms with Crippen molar-refractivity contribution < 1.29 is 9.32 Å². The maximum absolute atomic E-state index is 12.1. The zero-order valence-electron chi connectivity index (χ0n) is 13.3. The lowest BCUT2D eigenvalue weighted by atomic mass is 10.2. The molecule has 0 saturated heterocycles. The maximum Gasteiger partial charge on any atom is 0.271 e. The van der Waals surface area contributed by atoms with Crippen LogP contribution in [0.2, 0.25) is 5.02 Å². The number of hydrogen-bond donors (Lipinski definition) is 2. The number of benzene rings is 1. The molecule has 25 heavy (non-hydrogen) atoms. The molecular formula is C17H16ClN5O2. The van der Waals surface area contributed by atoms with E-state index in [0.29, 0.717) is 41.3 Å². The van der Waals surface area contributed by atoms with Gasteiger partial charge in [0.05, 0.1) is 0 Å². The first-order valence-electron chi connectivity index (χ1n) is 8.11. The number of aromatic amines is 1.